The van der Waals surface area contributed by atoms with Crippen molar-refractivity contribution in [1.82, 2.24) is 24.9 Å². The van der Waals surface area contributed by atoms with Gasteiger partial charge in [0.25, 0.3) is 5.91 Å². The number of carbonyl (C=O) groups is 1. The number of rotatable bonds is 2. The van der Waals surface area contributed by atoms with Gasteiger partial charge in [-0.05, 0) is 18.9 Å². The third-order valence-electron chi connectivity index (χ3n) is 3.75. The molecule has 0 saturated carbocycles. The first-order valence-corrected chi connectivity index (χ1v) is 6.85. The molecule has 0 aliphatic carbocycles. The smallest absolute Gasteiger partial charge is 0.255 e. The van der Waals surface area contributed by atoms with Crippen LogP contribution in [0.4, 0.5) is 0 Å². The van der Waals surface area contributed by atoms with Gasteiger partial charge in [-0.2, -0.15) is 10.2 Å². The SMILES string of the molecule is COc1nn(C)c2c1CCCN(C(=O)c1ccnnc1)C2. The first-order valence-electron chi connectivity index (χ1n) is 6.85. The van der Waals surface area contributed by atoms with Crippen molar-refractivity contribution < 1.29 is 9.53 Å². The monoisotopic (exact) mass is 287 g/mol. The van der Waals surface area contributed by atoms with Crippen LogP contribution in [0.3, 0.4) is 0 Å². The predicted octanol–water partition coefficient (Wildman–Crippen LogP) is 0.807. The normalized spacial score (nSPS) is 14.5. The highest BCUT2D eigenvalue weighted by molar-refractivity contribution is 5.93. The summed E-state index contributed by atoms with van der Waals surface area (Å²) in [6.07, 6.45) is 4.78. The fraction of sp³-hybridized carbons (Fsp3) is 0.429. The van der Waals surface area contributed by atoms with Gasteiger partial charge in [0.2, 0.25) is 5.88 Å². The molecule has 0 N–H and O–H groups in total. The molecule has 0 aromatic carbocycles. The van der Waals surface area contributed by atoms with E-state index in [9.17, 15) is 4.79 Å². The van der Waals surface area contributed by atoms with Crippen molar-refractivity contribution in [3.8, 4) is 5.88 Å². The van der Waals surface area contributed by atoms with Gasteiger partial charge in [0.15, 0.2) is 0 Å². The average Bonchev–Trinajstić information content (AvgIpc) is 2.70. The minimum absolute atomic E-state index is 0.0297. The Bertz CT molecular complexity index is 653. The minimum Gasteiger partial charge on any atom is -0.480 e. The van der Waals surface area contributed by atoms with Crippen molar-refractivity contribution in [2.24, 2.45) is 7.05 Å². The van der Waals surface area contributed by atoms with Gasteiger partial charge in [-0.1, -0.05) is 0 Å². The molecule has 21 heavy (non-hydrogen) atoms. The van der Waals surface area contributed by atoms with Crippen molar-refractivity contribution >= 4 is 5.91 Å². The van der Waals surface area contributed by atoms with Crippen LogP contribution in [0.1, 0.15) is 28.0 Å². The summed E-state index contributed by atoms with van der Waals surface area (Å²) in [5.74, 6) is 0.630. The van der Waals surface area contributed by atoms with Crippen LogP contribution >= 0.6 is 0 Å². The van der Waals surface area contributed by atoms with Gasteiger partial charge in [-0.3, -0.25) is 9.48 Å². The molecule has 1 aliphatic rings. The highest BCUT2D eigenvalue weighted by atomic mass is 16.5. The zero-order valence-electron chi connectivity index (χ0n) is 12.1. The van der Waals surface area contributed by atoms with Crippen LogP contribution < -0.4 is 4.74 Å². The van der Waals surface area contributed by atoms with Crippen LogP contribution in [0.2, 0.25) is 0 Å². The van der Waals surface area contributed by atoms with Crippen LogP contribution in [0.15, 0.2) is 18.5 Å². The minimum atomic E-state index is -0.0297. The average molecular weight is 287 g/mol. The van der Waals surface area contributed by atoms with Crippen molar-refractivity contribution in [3.05, 3.63) is 35.3 Å². The Morgan fingerprint density at radius 2 is 2.24 bits per heavy atom. The van der Waals surface area contributed by atoms with Crippen LogP contribution in [0.25, 0.3) is 0 Å². The molecule has 3 heterocycles. The van der Waals surface area contributed by atoms with Crippen molar-refractivity contribution in [2.45, 2.75) is 19.4 Å². The van der Waals surface area contributed by atoms with Crippen LogP contribution in [0.5, 0.6) is 5.88 Å². The summed E-state index contributed by atoms with van der Waals surface area (Å²) >= 11 is 0. The van der Waals surface area contributed by atoms with Gasteiger partial charge < -0.3 is 9.64 Å². The Hall–Kier alpha value is -2.44. The maximum atomic E-state index is 12.5. The first kappa shape index (κ1) is 13.5. The number of aromatic nitrogens is 4. The molecular formula is C14H17N5O2. The molecule has 0 saturated heterocycles. The maximum absolute atomic E-state index is 12.5. The van der Waals surface area contributed by atoms with Crippen LogP contribution in [-0.4, -0.2) is 44.4 Å². The molecule has 3 rings (SSSR count). The van der Waals surface area contributed by atoms with E-state index in [1.165, 1.54) is 12.4 Å². The Labute approximate surface area is 122 Å². The number of hydrogen-bond acceptors (Lipinski definition) is 5. The largest absolute Gasteiger partial charge is 0.480 e. The van der Waals surface area contributed by atoms with E-state index in [0.29, 0.717) is 24.5 Å². The number of amides is 1. The van der Waals surface area contributed by atoms with E-state index in [2.05, 4.69) is 15.3 Å². The maximum Gasteiger partial charge on any atom is 0.255 e. The predicted molar refractivity (Wildman–Crippen MR) is 74.9 cm³/mol. The molecule has 0 radical (unpaired) electrons. The van der Waals surface area contributed by atoms with E-state index >= 15 is 0 Å². The summed E-state index contributed by atoms with van der Waals surface area (Å²) in [5, 5.41) is 11.8. The molecule has 0 atom stereocenters. The molecule has 1 aliphatic heterocycles. The lowest BCUT2D eigenvalue weighted by Gasteiger charge is -2.20. The van der Waals surface area contributed by atoms with Crippen molar-refractivity contribution in [1.29, 1.82) is 0 Å². The molecule has 0 bridgehead atoms. The Morgan fingerprint density at radius 3 is 2.95 bits per heavy atom. The lowest BCUT2D eigenvalue weighted by molar-refractivity contribution is 0.0741. The molecule has 0 fully saturated rings. The fourth-order valence-electron chi connectivity index (χ4n) is 2.67. The first-order chi connectivity index (χ1) is 10.2. The second-order valence-electron chi connectivity index (χ2n) is 5.02. The summed E-state index contributed by atoms with van der Waals surface area (Å²) in [6, 6.07) is 1.69. The van der Waals surface area contributed by atoms with Gasteiger partial charge in [0.1, 0.15) is 0 Å². The number of nitrogens with zero attached hydrogens (tertiary/aromatic N) is 5. The second kappa shape index (κ2) is 5.51. The van der Waals surface area contributed by atoms with E-state index in [1.807, 2.05) is 11.9 Å². The summed E-state index contributed by atoms with van der Waals surface area (Å²) in [6.45, 7) is 1.24. The van der Waals surface area contributed by atoms with E-state index in [4.69, 9.17) is 4.74 Å². The van der Waals surface area contributed by atoms with Crippen molar-refractivity contribution in [3.63, 3.8) is 0 Å². The number of hydrogen-bond donors (Lipinski definition) is 0. The zero-order chi connectivity index (χ0) is 14.8. The van der Waals surface area contributed by atoms with Gasteiger partial charge in [-0.15, -0.1) is 5.10 Å². The molecule has 2 aromatic heterocycles. The Kier molecular flexibility index (Phi) is 3.55. The summed E-state index contributed by atoms with van der Waals surface area (Å²) in [7, 11) is 3.50. The highest BCUT2D eigenvalue weighted by Gasteiger charge is 2.25. The molecule has 110 valence electrons. The van der Waals surface area contributed by atoms with E-state index in [0.717, 1.165) is 24.1 Å². The number of aryl methyl sites for hydroxylation is 1. The lowest BCUT2D eigenvalue weighted by Crippen LogP contribution is -2.31. The van der Waals surface area contributed by atoms with Crippen LogP contribution in [-0.2, 0) is 20.0 Å². The third kappa shape index (κ3) is 2.46. The van der Waals surface area contributed by atoms with Crippen molar-refractivity contribution in [2.75, 3.05) is 13.7 Å². The van der Waals surface area contributed by atoms with Gasteiger partial charge in [-0.25, -0.2) is 0 Å². The van der Waals surface area contributed by atoms with E-state index in [1.54, 1.807) is 17.9 Å². The highest BCUT2D eigenvalue weighted by Crippen LogP contribution is 2.27. The number of methoxy groups -OCH3 is 1. The molecule has 1 amide bonds. The number of carbonyl (C=O) groups excluding carboxylic acids is 1. The molecule has 0 spiro atoms. The van der Waals surface area contributed by atoms with E-state index in [-0.39, 0.29) is 5.91 Å². The van der Waals surface area contributed by atoms with Gasteiger partial charge in [0.05, 0.1) is 37.3 Å². The third-order valence-corrected chi connectivity index (χ3v) is 3.75. The second-order valence-corrected chi connectivity index (χ2v) is 5.02. The zero-order valence-corrected chi connectivity index (χ0v) is 12.1. The van der Waals surface area contributed by atoms with Gasteiger partial charge in [0, 0.05) is 19.2 Å². The number of fused-ring (bicyclic) bond motifs is 1. The standard InChI is InChI=1S/C14H17N5O2/c1-18-12-9-19(14(20)10-5-6-15-16-8-10)7-3-4-11(12)13(17-18)21-2/h5-6,8H,3-4,7,9H2,1-2H3. The topological polar surface area (TPSA) is 73.1 Å². The summed E-state index contributed by atoms with van der Waals surface area (Å²) in [4.78, 5) is 14.4. The molecule has 7 nitrogen and oxygen atoms in total. The summed E-state index contributed by atoms with van der Waals surface area (Å²) in [5.41, 5.74) is 2.69. The molecule has 7 heteroatoms. The van der Waals surface area contributed by atoms with Crippen LogP contribution in [0, 0.1) is 0 Å². The lowest BCUT2D eigenvalue weighted by atomic mass is 10.1. The summed E-state index contributed by atoms with van der Waals surface area (Å²) < 4.78 is 7.11. The number of ether oxygens (including phenoxy) is 1. The quantitative estimate of drug-likeness (QED) is 0.817. The van der Waals surface area contributed by atoms with E-state index < -0.39 is 0 Å². The Balaban J connectivity index is 1.89. The molecule has 2 aromatic rings. The molecule has 0 unspecified atom stereocenters. The molecular weight excluding hydrogens is 270 g/mol. The van der Waals surface area contributed by atoms with Gasteiger partial charge >= 0.3 is 0 Å². The fourth-order valence-corrected chi connectivity index (χ4v) is 2.67. The Morgan fingerprint density at radius 1 is 1.38 bits per heavy atom.